The number of terminal acetylenes is 1. The van der Waals surface area contributed by atoms with Gasteiger partial charge in [-0.1, -0.05) is 5.92 Å². The fourth-order valence-corrected chi connectivity index (χ4v) is 2.44. The maximum absolute atomic E-state index is 12.9. The average molecular weight is 327 g/mol. The van der Waals surface area contributed by atoms with Gasteiger partial charge in [-0.3, -0.25) is 4.79 Å². The Balaban J connectivity index is 2.09. The number of halogens is 3. The van der Waals surface area contributed by atoms with E-state index in [4.69, 9.17) is 11.2 Å². The van der Waals surface area contributed by atoms with Crippen LogP contribution in [-0.2, 0) is 0 Å². The van der Waals surface area contributed by atoms with E-state index in [1.165, 1.54) is 24.3 Å². The standard InChI is InChI=1S/C16H16F3NO3/c1-2-10-23-13-6-4-12(5-7-13)14(21)20-9-3-8-15(22,11-20)16(17,18)19/h1,4-7,22H,3,8-11H2/t15-/m1/s1. The fraction of sp³-hybridized carbons (Fsp3) is 0.438. The summed E-state index contributed by atoms with van der Waals surface area (Å²) in [5.41, 5.74) is -2.62. The van der Waals surface area contributed by atoms with E-state index >= 15 is 0 Å². The number of hydrogen-bond donors (Lipinski definition) is 1. The first-order valence-electron chi connectivity index (χ1n) is 7.01. The molecule has 0 spiro atoms. The van der Waals surface area contributed by atoms with Gasteiger partial charge >= 0.3 is 6.18 Å². The van der Waals surface area contributed by atoms with Crippen LogP contribution in [-0.4, -0.2) is 47.4 Å². The number of β-amino-alcohol motifs (C(OH)–C–C–N with tert-alkyl or cyclic N) is 1. The second kappa shape index (κ2) is 6.50. The lowest BCUT2D eigenvalue weighted by molar-refractivity contribution is -0.271. The third kappa shape index (κ3) is 3.77. The highest BCUT2D eigenvalue weighted by Gasteiger charge is 2.55. The third-order valence-corrected chi connectivity index (χ3v) is 3.71. The molecule has 0 saturated carbocycles. The van der Waals surface area contributed by atoms with Crippen molar-refractivity contribution in [1.82, 2.24) is 4.90 Å². The lowest BCUT2D eigenvalue weighted by atomic mass is 9.92. The summed E-state index contributed by atoms with van der Waals surface area (Å²) in [4.78, 5) is 13.3. The zero-order chi connectivity index (χ0) is 17.1. The molecule has 1 N–H and O–H groups in total. The molecular weight excluding hydrogens is 311 g/mol. The van der Waals surface area contributed by atoms with Crippen LogP contribution in [0.1, 0.15) is 23.2 Å². The topological polar surface area (TPSA) is 49.8 Å². The number of rotatable bonds is 3. The molecule has 0 bridgehead atoms. The normalized spacial score (nSPS) is 21.6. The second-order valence-corrected chi connectivity index (χ2v) is 5.38. The number of amides is 1. The summed E-state index contributed by atoms with van der Waals surface area (Å²) in [5.74, 6) is 2.20. The lowest BCUT2D eigenvalue weighted by Gasteiger charge is -2.40. The summed E-state index contributed by atoms with van der Waals surface area (Å²) in [5, 5.41) is 9.76. The van der Waals surface area contributed by atoms with Crippen LogP contribution in [0.3, 0.4) is 0 Å². The zero-order valence-electron chi connectivity index (χ0n) is 12.3. The first kappa shape index (κ1) is 17.2. The van der Waals surface area contributed by atoms with E-state index in [0.717, 1.165) is 4.90 Å². The number of benzene rings is 1. The van der Waals surface area contributed by atoms with E-state index < -0.39 is 30.7 Å². The monoisotopic (exact) mass is 327 g/mol. The molecule has 0 radical (unpaired) electrons. The van der Waals surface area contributed by atoms with Crippen LogP contribution in [0.5, 0.6) is 5.75 Å². The predicted molar refractivity (Wildman–Crippen MR) is 76.9 cm³/mol. The third-order valence-electron chi connectivity index (χ3n) is 3.71. The molecular formula is C16H16F3NO3. The molecule has 1 aliphatic rings. The Kier molecular flexibility index (Phi) is 4.85. The number of hydrogen-bond acceptors (Lipinski definition) is 3. The molecule has 1 aliphatic heterocycles. The van der Waals surface area contributed by atoms with Gasteiger partial charge in [0.05, 0.1) is 6.54 Å². The molecule has 1 atom stereocenters. The SMILES string of the molecule is C#CCOc1ccc(C(=O)N2CCC[C@](O)(C(F)(F)F)C2)cc1. The van der Waals surface area contributed by atoms with E-state index in [2.05, 4.69) is 5.92 Å². The minimum absolute atomic E-state index is 0.0814. The van der Waals surface area contributed by atoms with Crippen LogP contribution < -0.4 is 4.74 Å². The number of alkyl halides is 3. The average Bonchev–Trinajstić information content (AvgIpc) is 2.52. The van der Waals surface area contributed by atoms with Crippen molar-refractivity contribution in [3.8, 4) is 18.1 Å². The Bertz CT molecular complexity index is 606. The van der Waals surface area contributed by atoms with Gasteiger partial charge in [0, 0.05) is 12.1 Å². The minimum Gasteiger partial charge on any atom is -0.481 e. The molecule has 0 aromatic heterocycles. The summed E-state index contributed by atoms with van der Waals surface area (Å²) in [6, 6.07) is 5.94. The quantitative estimate of drug-likeness (QED) is 0.866. The van der Waals surface area contributed by atoms with Crippen molar-refractivity contribution in [2.45, 2.75) is 24.6 Å². The highest BCUT2D eigenvalue weighted by atomic mass is 19.4. The largest absolute Gasteiger partial charge is 0.481 e. The van der Waals surface area contributed by atoms with Gasteiger partial charge < -0.3 is 14.7 Å². The number of piperidine rings is 1. The van der Waals surface area contributed by atoms with Gasteiger partial charge in [0.15, 0.2) is 5.60 Å². The zero-order valence-corrected chi connectivity index (χ0v) is 12.3. The molecule has 1 aromatic carbocycles. The van der Waals surface area contributed by atoms with Gasteiger partial charge in [0.2, 0.25) is 0 Å². The predicted octanol–water partition coefficient (Wildman–Crippen LogP) is 2.23. The highest BCUT2D eigenvalue weighted by molar-refractivity contribution is 5.94. The summed E-state index contributed by atoms with van der Waals surface area (Å²) in [6.07, 6.45) is -0.0191. The molecule has 1 aromatic rings. The van der Waals surface area contributed by atoms with Crippen molar-refractivity contribution in [3.63, 3.8) is 0 Å². The van der Waals surface area contributed by atoms with Crippen LogP contribution in [0.15, 0.2) is 24.3 Å². The van der Waals surface area contributed by atoms with E-state index in [0.29, 0.717) is 5.75 Å². The first-order valence-corrected chi connectivity index (χ1v) is 7.01. The molecule has 7 heteroatoms. The Hall–Kier alpha value is -2.20. The van der Waals surface area contributed by atoms with Crippen molar-refractivity contribution in [3.05, 3.63) is 29.8 Å². The maximum Gasteiger partial charge on any atom is 0.418 e. The van der Waals surface area contributed by atoms with Crippen molar-refractivity contribution in [2.75, 3.05) is 19.7 Å². The van der Waals surface area contributed by atoms with E-state index in [1.54, 1.807) is 0 Å². The molecule has 0 unspecified atom stereocenters. The van der Waals surface area contributed by atoms with Crippen LogP contribution >= 0.6 is 0 Å². The van der Waals surface area contributed by atoms with Crippen molar-refractivity contribution >= 4 is 5.91 Å². The van der Waals surface area contributed by atoms with Crippen LogP contribution in [0.2, 0.25) is 0 Å². The molecule has 1 fully saturated rings. The molecule has 1 heterocycles. The number of ether oxygens (including phenoxy) is 1. The van der Waals surface area contributed by atoms with Gasteiger partial charge in [0.1, 0.15) is 12.4 Å². The van der Waals surface area contributed by atoms with Crippen LogP contribution in [0.4, 0.5) is 13.2 Å². The Morgan fingerprint density at radius 3 is 2.61 bits per heavy atom. The maximum atomic E-state index is 12.9. The van der Waals surface area contributed by atoms with E-state index in [1.807, 2.05) is 0 Å². The van der Waals surface area contributed by atoms with Crippen LogP contribution in [0, 0.1) is 12.3 Å². The first-order chi connectivity index (χ1) is 10.8. The van der Waals surface area contributed by atoms with Crippen molar-refractivity contribution in [1.29, 1.82) is 0 Å². The second-order valence-electron chi connectivity index (χ2n) is 5.38. The number of carbonyl (C=O) groups is 1. The molecule has 1 saturated heterocycles. The lowest BCUT2D eigenvalue weighted by Crippen LogP contribution is -2.58. The van der Waals surface area contributed by atoms with Crippen molar-refractivity contribution < 1.29 is 27.8 Å². The smallest absolute Gasteiger partial charge is 0.418 e. The minimum atomic E-state index is -4.77. The van der Waals surface area contributed by atoms with Gasteiger partial charge in [-0.2, -0.15) is 13.2 Å². The van der Waals surface area contributed by atoms with Gasteiger partial charge in [-0.25, -0.2) is 0 Å². The van der Waals surface area contributed by atoms with E-state index in [-0.39, 0.29) is 25.1 Å². The van der Waals surface area contributed by atoms with Gasteiger partial charge in [-0.05, 0) is 37.1 Å². The Morgan fingerprint density at radius 1 is 1.39 bits per heavy atom. The summed E-state index contributed by atoms with van der Waals surface area (Å²) < 4.78 is 43.9. The number of likely N-dealkylation sites (tertiary alicyclic amines) is 1. The van der Waals surface area contributed by atoms with Gasteiger partial charge in [-0.15, -0.1) is 6.42 Å². The summed E-state index contributed by atoms with van der Waals surface area (Å²) in [6.45, 7) is -0.505. The van der Waals surface area contributed by atoms with Crippen LogP contribution in [0.25, 0.3) is 0 Å². The number of carbonyl (C=O) groups excluding carboxylic acids is 1. The summed E-state index contributed by atoms with van der Waals surface area (Å²) in [7, 11) is 0. The molecule has 124 valence electrons. The fourth-order valence-electron chi connectivity index (χ4n) is 2.44. The molecule has 0 aliphatic carbocycles. The molecule has 2 rings (SSSR count). The van der Waals surface area contributed by atoms with Gasteiger partial charge in [0.25, 0.3) is 5.91 Å². The highest BCUT2D eigenvalue weighted by Crippen LogP contribution is 2.37. The molecule has 23 heavy (non-hydrogen) atoms. The van der Waals surface area contributed by atoms with Crippen molar-refractivity contribution in [2.24, 2.45) is 0 Å². The summed E-state index contributed by atoms with van der Waals surface area (Å²) >= 11 is 0. The molecule has 1 amide bonds. The Labute approximate surface area is 131 Å². The Morgan fingerprint density at radius 2 is 2.04 bits per heavy atom. The molecule has 4 nitrogen and oxygen atoms in total. The number of aliphatic hydroxyl groups is 1. The number of nitrogens with zero attached hydrogens (tertiary/aromatic N) is 1. The van der Waals surface area contributed by atoms with E-state index in [9.17, 15) is 23.1 Å².